The van der Waals surface area contributed by atoms with Crippen LogP contribution in [0.1, 0.15) is 19.4 Å². The number of hydrogen-bond donors (Lipinski definition) is 0. The minimum Gasteiger partial charge on any atom is -1.00 e. The smallest absolute Gasteiger partial charge is 0.383 e. The Labute approximate surface area is 124 Å². The van der Waals surface area contributed by atoms with Crippen molar-refractivity contribution in [3.8, 4) is 0 Å². The Morgan fingerprint density at radius 1 is 1.12 bits per heavy atom. The summed E-state index contributed by atoms with van der Waals surface area (Å²) >= 11 is 0. The Morgan fingerprint density at radius 3 is 2.24 bits per heavy atom. The maximum Gasteiger partial charge on any atom is 0.383 e. The van der Waals surface area contributed by atoms with E-state index in [1.807, 2.05) is 30.3 Å². The van der Waals surface area contributed by atoms with Gasteiger partial charge in [0.05, 0.1) is 0 Å². The molecule has 0 unspecified atom stereocenters. The molecule has 0 aliphatic carbocycles. The van der Waals surface area contributed by atoms with Crippen LogP contribution in [0.5, 0.6) is 0 Å². The molecule has 2 rings (SSSR count). The van der Waals surface area contributed by atoms with Crippen molar-refractivity contribution < 1.29 is 51.0 Å². The first-order chi connectivity index (χ1) is 7.07. The molecule has 1 heterocycles. The normalized spacial score (nSPS) is 16.1. The Kier molecular flexibility index (Phi) is 5.97. The van der Waals surface area contributed by atoms with Gasteiger partial charge in [-0.25, -0.2) is 5.11 Å². The molecule has 1 aromatic rings. The monoisotopic (exact) mass is 346 g/mol. The van der Waals surface area contributed by atoms with Crippen molar-refractivity contribution in [1.29, 1.82) is 0 Å². The van der Waals surface area contributed by atoms with Crippen LogP contribution in [0.2, 0.25) is 0 Å². The fraction of sp³-hybridized carbons (Fsp3) is 0.250. The molecular formula is C12H11BrO3Zn-. The summed E-state index contributed by atoms with van der Waals surface area (Å²) in [6.07, 6.45) is 0. The van der Waals surface area contributed by atoms with Gasteiger partial charge in [0, 0.05) is 44.6 Å². The molecule has 0 N–H and O–H groups in total. The number of rotatable bonds is 1. The van der Waals surface area contributed by atoms with Crippen LogP contribution < -0.4 is 17.0 Å². The first-order valence-corrected chi connectivity index (χ1v) is 4.68. The Morgan fingerprint density at radius 2 is 1.71 bits per heavy atom. The number of hydrogen-bond acceptors (Lipinski definition) is 2. The second-order valence-corrected chi connectivity index (χ2v) is 3.71. The second-order valence-electron chi connectivity index (χ2n) is 3.71. The molecule has 0 atom stereocenters. The van der Waals surface area contributed by atoms with E-state index in [9.17, 15) is 5.11 Å². The molecule has 0 saturated carbocycles. The van der Waals surface area contributed by atoms with Crippen LogP contribution in [0.4, 0.5) is 0 Å². The summed E-state index contributed by atoms with van der Waals surface area (Å²) in [4.78, 5) is 0. The van der Waals surface area contributed by atoms with Gasteiger partial charge >= 0.3 is 5.95 Å². The number of benzene rings is 1. The third-order valence-corrected chi connectivity index (χ3v) is 1.94. The van der Waals surface area contributed by atoms with Crippen molar-refractivity contribution >= 4 is 5.76 Å². The number of ether oxygens (including phenoxy) is 2. The second kappa shape index (κ2) is 6.25. The van der Waals surface area contributed by atoms with Crippen LogP contribution in [-0.2, 0) is 34.1 Å². The molecule has 5 heteroatoms. The van der Waals surface area contributed by atoms with E-state index in [-0.39, 0.29) is 36.5 Å². The molecule has 0 fully saturated rings. The van der Waals surface area contributed by atoms with Gasteiger partial charge in [-0.1, -0.05) is 30.3 Å². The van der Waals surface area contributed by atoms with Crippen LogP contribution in [0, 0.1) is 0 Å². The van der Waals surface area contributed by atoms with E-state index in [2.05, 4.69) is 5.73 Å². The van der Waals surface area contributed by atoms with Crippen LogP contribution in [0.25, 0.3) is 5.76 Å². The van der Waals surface area contributed by atoms with E-state index in [0.29, 0.717) is 5.76 Å². The molecule has 1 aromatic carbocycles. The first-order valence-electron chi connectivity index (χ1n) is 4.68. The number of halogens is 1. The fourth-order valence-electron chi connectivity index (χ4n) is 1.35. The van der Waals surface area contributed by atoms with Crippen LogP contribution in [0.3, 0.4) is 0 Å². The zero-order valence-corrected chi connectivity index (χ0v) is 14.2. The molecule has 87 valence electrons. The molecular weight excluding hydrogens is 337 g/mol. The molecule has 3 nitrogen and oxygen atoms in total. The third kappa shape index (κ3) is 4.20. The van der Waals surface area contributed by atoms with Crippen molar-refractivity contribution in [2.24, 2.45) is 0 Å². The topological polar surface area (TPSA) is 38.4 Å². The van der Waals surface area contributed by atoms with E-state index in [1.165, 1.54) is 0 Å². The molecule has 0 amide bonds. The van der Waals surface area contributed by atoms with Crippen molar-refractivity contribution in [3.63, 3.8) is 0 Å². The molecule has 0 saturated heterocycles. The summed E-state index contributed by atoms with van der Waals surface area (Å²) < 4.78 is 10.4. The van der Waals surface area contributed by atoms with E-state index in [0.717, 1.165) is 5.56 Å². The van der Waals surface area contributed by atoms with Gasteiger partial charge in [0.2, 0.25) is 0 Å². The third-order valence-electron chi connectivity index (χ3n) is 1.94. The molecule has 1 aliphatic rings. The minimum absolute atomic E-state index is 0. The molecule has 0 aromatic heterocycles. The Balaban J connectivity index is 0.00000128. The van der Waals surface area contributed by atoms with Gasteiger partial charge in [-0.2, -0.15) is 0 Å². The molecule has 1 radical (unpaired) electrons. The van der Waals surface area contributed by atoms with Crippen LogP contribution >= 0.6 is 0 Å². The largest absolute Gasteiger partial charge is 1.00 e. The maximum atomic E-state index is 11.2. The van der Waals surface area contributed by atoms with Crippen LogP contribution in [-0.4, -0.2) is 5.79 Å². The van der Waals surface area contributed by atoms with Crippen molar-refractivity contribution in [2.75, 3.05) is 0 Å². The minimum atomic E-state index is -0.923. The average Bonchev–Trinajstić information content (AvgIpc) is 2.16. The summed E-state index contributed by atoms with van der Waals surface area (Å²) in [5.74, 6) is -0.991. The summed E-state index contributed by atoms with van der Waals surface area (Å²) in [6.45, 7) is 3.38. The Bertz CT molecular complexity index is 436. The summed E-state index contributed by atoms with van der Waals surface area (Å²) in [6, 6.07) is 9.37. The standard InChI is InChI=1S/C12H11O3.BrH.Zn/c1-12(2)14-10(8-11(13)15-12)9-6-4-3-5-7-9;;/h3-7H,1-2H3;1H;/p-1. The zero-order chi connectivity index (χ0) is 10.9. The molecule has 1 aliphatic heterocycles. The fourth-order valence-corrected chi connectivity index (χ4v) is 1.35. The zero-order valence-electron chi connectivity index (χ0n) is 9.70. The quantitative estimate of drug-likeness (QED) is 0.516. The van der Waals surface area contributed by atoms with Crippen LogP contribution in [0.15, 0.2) is 42.0 Å². The Hall–Kier alpha value is -0.757. The van der Waals surface area contributed by atoms with Gasteiger partial charge in [-0.15, -0.1) is 0 Å². The summed E-state index contributed by atoms with van der Waals surface area (Å²) in [5.41, 5.74) is 3.34. The van der Waals surface area contributed by atoms with E-state index in [4.69, 9.17) is 9.47 Å². The van der Waals surface area contributed by atoms with Crippen molar-refractivity contribution in [1.82, 2.24) is 0 Å². The van der Waals surface area contributed by atoms with Gasteiger partial charge in [-0.05, 0) is 0 Å². The van der Waals surface area contributed by atoms with Gasteiger partial charge in [-0.3, -0.25) is 0 Å². The van der Waals surface area contributed by atoms with Gasteiger partial charge < -0.3 is 26.5 Å². The summed E-state index contributed by atoms with van der Waals surface area (Å²) in [5, 5.41) is 11.2. The van der Waals surface area contributed by atoms with E-state index >= 15 is 0 Å². The molecule has 0 spiro atoms. The summed E-state index contributed by atoms with van der Waals surface area (Å²) in [7, 11) is 0. The van der Waals surface area contributed by atoms with Crippen molar-refractivity contribution in [2.45, 2.75) is 19.6 Å². The van der Waals surface area contributed by atoms with Crippen molar-refractivity contribution in [3.05, 3.63) is 47.6 Å². The van der Waals surface area contributed by atoms with E-state index < -0.39 is 11.7 Å². The maximum absolute atomic E-state index is 11.2. The average molecular weight is 349 g/mol. The SMILES string of the molecule is CC1(C)OC([O])=C=C(c2ccccc2)O1.[Br-].[Zn]. The van der Waals surface area contributed by atoms with E-state index in [1.54, 1.807) is 13.8 Å². The predicted octanol–water partition coefficient (Wildman–Crippen LogP) is -0.317. The van der Waals surface area contributed by atoms with Gasteiger partial charge in [0.1, 0.15) is 0 Å². The van der Waals surface area contributed by atoms with Gasteiger partial charge in [0.25, 0.3) is 5.79 Å². The first kappa shape index (κ1) is 16.2. The molecule has 17 heavy (non-hydrogen) atoms. The molecule has 0 bridgehead atoms. The predicted molar refractivity (Wildman–Crippen MR) is 53.8 cm³/mol. The van der Waals surface area contributed by atoms with Gasteiger partial charge in [0.15, 0.2) is 5.76 Å².